The molecular formula is C25H21FN6O2. The third-order valence-corrected chi connectivity index (χ3v) is 6.26. The standard InChI is InChI=1S/C25H21FN6O2/c26-20-4-2-1-3-18(20)17-12-28-25(29-13-17)32-21-11-16(24(34)31-10-9-27-22(33)14-31)7-8-19(21)23(30-32)15-5-6-15/h1-4,7-8,11-13,15H,5-6,9-10,14H2,(H,27,33). The van der Waals surface area contributed by atoms with Gasteiger partial charge in [-0.3, -0.25) is 9.59 Å². The number of carbonyl (C=O) groups excluding carboxylic acids is 2. The fourth-order valence-corrected chi connectivity index (χ4v) is 4.34. The largest absolute Gasteiger partial charge is 0.353 e. The molecule has 8 nitrogen and oxygen atoms in total. The molecule has 170 valence electrons. The number of hydrogen-bond acceptors (Lipinski definition) is 5. The summed E-state index contributed by atoms with van der Waals surface area (Å²) in [7, 11) is 0. The summed E-state index contributed by atoms with van der Waals surface area (Å²) in [6.07, 6.45) is 5.30. The molecule has 2 aliphatic rings. The first-order valence-corrected chi connectivity index (χ1v) is 11.2. The van der Waals surface area contributed by atoms with Crippen LogP contribution in [-0.2, 0) is 4.79 Å². The van der Waals surface area contributed by atoms with Crippen molar-refractivity contribution in [2.24, 2.45) is 0 Å². The van der Waals surface area contributed by atoms with Crippen molar-refractivity contribution in [2.45, 2.75) is 18.8 Å². The molecule has 1 saturated carbocycles. The highest BCUT2D eigenvalue weighted by atomic mass is 19.1. The second kappa shape index (κ2) is 8.02. The van der Waals surface area contributed by atoms with E-state index in [2.05, 4.69) is 15.3 Å². The number of rotatable bonds is 4. The minimum absolute atomic E-state index is 0.0457. The average molecular weight is 456 g/mol. The Balaban J connectivity index is 1.40. The average Bonchev–Trinajstić information content (AvgIpc) is 3.64. The van der Waals surface area contributed by atoms with Gasteiger partial charge >= 0.3 is 0 Å². The van der Waals surface area contributed by atoms with E-state index in [1.807, 2.05) is 6.07 Å². The van der Waals surface area contributed by atoms with Crippen molar-refractivity contribution in [3.05, 3.63) is 71.9 Å². The molecule has 2 fully saturated rings. The summed E-state index contributed by atoms with van der Waals surface area (Å²) in [6.45, 7) is 0.957. The topological polar surface area (TPSA) is 93.0 Å². The smallest absolute Gasteiger partial charge is 0.254 e. The van der Waals surface area contributed by atoms with Crippen LogP contribution in [0.5, 0.6) is 0 Å². The van der Waals surface area contributed by atoms with Gasteiger partial charge in [-0.25, -0.2) is 14.4 Å². The monoisotopic (exact) mass is 456 g/mol. The molecule has 0 unspecified atom stereocenters. The van der Waals surface area contributed by atoms with Crippen LogP contribution in [0.3, 0.4) is 0 Å². The predicted octanol–water partition coefficient (Wildman–Crippen LogP) is 3.07. The Bertz CT molecular complexity index is 1430. The van der Waals surface area contributed by atoms with Gasteiger partial charge < -0.3 is 10.2 Å². The SMILES string of the molecule is O=C1CN(C(=O)c2ccc3c(C4CC4)nn(-c4ncc(-c5ccccc5F)cn4)c3c2)CCN1. The van der Waals surface area contributed by atoms with Crippen LogP contribution >= 0.6 is 0 Å². The highest BCUT2D eigenvalue weighted by Gasteiger charge is 2.30. The van der Waals surface area contributed by atoms with Crippen molar-refractivity contribution >= 4 is 22.7 Å². The number of nitrogens with zero attached hydrogens (tertiary/aromatic N) is 5. The number of piperazine rings is 1. The van der Waals surface area contributed by atoms with Gasteiger partial charge in [-0.05, 0) is 31.0 Å². The highest BCUT2D eigenvalue weighted by molar-refractivity contribution is 6.00. The van der Waals surface area contributed by atoms with Gasteiger partial charge in [0.2, 0.25) is 5.91 Å². The highest BCUT2D eigenvalue weighted by Crippen LogP contribution is 2.43. The summed E-state index contributed by atoms with van der Waals surface area (Å²) in [5.74, 6) is 0.0278. The molecule has 0 bridgehead atoms. The molecular weight excluding hydrogens is 435 g/mol. The molecule has 2 amide bonds. The zero-order valence-electron chi connectivity index (χ0n) is 18.2. The maximum Gasteiger partial charge on any atom is 0.254 e. The maximum atomic E-state index is 14.2. The summed E-state index contributed by atoms with van der Waals surface area (Å²) in [6, 6.07) is 12.0. The lowest BCUT2D eigenvalue weighted by atomic mass is 10.1. The molecule has 1 N–H and O–H groups in total. The molecule has 1 saturated heterocycles. The quantitative estimate of drug-likeness (QED) is 0.510. The minimum Gasteiger partial charge on any atom is -0.353 e. The molecule has 9 heteroatoms. The van der Waals surface area contributed by atoms with Crippen molar-refractivity contribution in [2.75, 3.05) is 19.6 Å². The third kappa shape index (κ3) is 3.59. The van der Waals surface area contributed by atoms with E-state index in [1.165, 1.54) is 6.07 Å². The molecule has 0 radical (unpaired) electrons. The van der Waals surface area contributed by atoms with Crippen molar-refractivity contribution in [1.82, 2.24) is 30.0 Å². The van der Waals surface area contributed by atoms with Gasteiger partial charge in [-0.15, -0.1) is 0 Å². The lowest BCUT2D eigenvalue weighted by Crippen LogP contribution is -2.49. The molecule has 6 rings (SSSR count). The Morgan fingerprint density at radius 1 is 1.09 bits per heavy atom. The van der Waals surface area contributed by atoms with Crippen LogP contribution in [0.15, 0.2) is 54.9 Å². The number of halogens is 1. The van der Waals surface area contributed by atoms with E-state index in [-0.39, 0.29) is 24.2 Å². The number of carbonyl (C=O) groups is 2. The van der Waals surface area contributed by atoms with Crippen molar-refractivity contribution < 1.29 is 14.0 Å². The van der Waals surface area contributed by atoms with Gasteiger partial charge in [0, 0.05) is 53.5 Å². The van der Waals surface area contributed by atoms with Crippen LogP contribution in [0.1, 0.15) is 34.8 Å². The molecule has 4 aromatic rings. The number of amides is 2. The van der Waals surface area contributed by atoms with Crippen LogP contribution in [0.2, 0.25) is 0 Å². The molecule has 3 heterocycles. The molecule has 1 aliphatic carbocycles. The second-order valence-corrected chi connectivity index (χ2v) is 8.63. The van der Waals surface area contributed by atoms with E-state index in [1.54, 1.807) is 52.3 Å². The number of benzene rings is 2. The van der Waals surface area contributed by atoms with E-state index < -0.39 is 0 Å². The van der Waals surface area contributed by atoms with Crippen LogP contribution < -0.4 is 5.32 Å². The molecule has 0 spiro atoms. The van der Waals surface area contributed by atoms with E-state index in [9.17, 15) is 14.0 Å². The number of hydrogen-bond donors (Lipinski definition) is 1. The first kappa shape index (κ1) is 20.5. The maximum absolute atomic E-state index is 14.2. The summed E-state index contributed by atoms with van der Waals surface area (Å²) in [5, 5.41) is 8.49. The Morgan fingerprint density at radius 3 is 2.62 bits per heavy atom. The Morgan fingerprint density at radius 2 is 1.88 bits per heavy atom. The van der Waals surface area contributed by atoms with Crippen LogP contribution in [-0.4, -0.2) is 56.1 Å². The lowest BCUT2D eigenvalue weighted by molar-refractivity contribution is -0.123. The zero-order valence-corrected chi connectivity index (χ0v) is 18.2. The first-order chi connectivity index (χ1) is 16.6. The first-order valence-electron chi connectivity index (χ1n) is 11.2. The van der Waals surface area contributed by atoms with Gasteiger partial charge in [-0.1, -0.05) is 24.3 Å². The molecule has 34 heavy (non-hydrogen) atoms. The molecule has 2 aromatic carbocycles. The van der Waals surface area contributed by atoms with Gasteiger partial charge in [0.1, 0.15) is 5.82 Å². The van der Waals surface area contributed by atoms with Crippen LogP contribution in [0, 0.1) is 5.82 Å². The number of nitrogens with one attached hydrogen (secondary N) is 1. The number of aromatic nitrogens is 4. The second-order valence-electron chi connectivity index (χ2n) is 8.63. The fourth-order valence-electron chi connectivity index (χ4n) is 4.34. The van der Waals surface area contributed by atoms with Crippen molar-refractivity contribution in [1.29, 1.82) is 0 Å². The Labute approximate surface area is 194 Å². The van der Waals surface area contributed by atoms with Gasteiger partial charge in [0.15, 0.2) is 0 Å². The van der Waals surface area contributed by atoms with Crippen LogP contribution in [0.4, 0.5) is 4.39 Å². The molecule has 0 atom stereocenters. The summed E-state index contributed by atoms with van der Waals surface area (Å²) < 4.78 is 15.8. The summed E-state index contributed by atoms with van der Waals surface area (Å²) >= 11 is 0. The molecule has 1 aliphatic heterocycles. The number of fused-ring (bicyclic) bond motifs is 1. The molecule has 2 aromatic heterocycles. The predicted molar refractivity (Wildman–Crippen MR) is 123 cm³/mol. The summed E-state index contributed by atoms with van der Waals surface area (Å²) in [4.78, 5) is 35.3. The van der Waals surface area contributed by atoms with E-state index in [0.29, 0.717) is 41.6 Å². The lowest BCUT2D eigenvalue weighted by Gasteiger charge is -2.26. The van der Waals surface area contributed by atoms with Crippen LogP contribution in [0.25, 0.3) is 28.0 Å². The minimum atomic E-state index is -0.339. The Kier molecular flexibility index (Phi) is 4.83. The van der Waals surface area contributed by atoms with E-state index >= 15 is 0 Å². The normalized spacial score (nSPS) is 16.0. The summed E-state index contributed by atoms with van der Waals surface area (Å²) in [5.41, 5.74) is 3.17. The van der Waals surface area contributed by atoms with Gasteiger partial charge in [-0.2, -0.15) is 9.78 Å². The Hall–Kier alpha value is -4.14. The van der Waals surface area contributed by atoms with E-state index in [4.69, 9.17) is 5.10 Å². The third-order valence-electron chi connectivity index (χ3n) is 6.26. The fraction of sp³-hybridized carbons (Fsp3) is 0.240. The van der Waals surface area contributed by atoms with Gasteiger partial charge in [0.25, 0.3) is 11.9 Å². The van der Waals surface area contributed by atoms with Crippen molar-refractivity contribution in [3.8, 4) is 17.1 Å². The zero-order chi connectivity index (χ0) is 23.2. The van der Waals surface area contributed by atoms with Gasteiger partial charge in [0.05, 0.1) is 17.8 Å². The van der Waals surface area contributed by atoms with E-state index in [0.717, 1.165) is 29.4 Å². The van der Waals surface area contributed by atoms with Crippen molar-refractivity contribution in [3.63, 3.8) is 0 Å².